The molecule has 0 amide bonds. The molecule has 5 nitrogen and oxygen atoms in total. The van der Waals surface area contributed by atoms with Gasteiger partial charge in [-0.05, 0) is 19.9 Å². The maximum absolute atomic E-state index is 5.66. The van der Waals surface area contributed by atoms with Crippen molar-refractivity contribution in [2.24, 2.45) is 5.92 Å². The van der Waals surface area contributed by atoms with E-state index in [0.29, 0.717) is 11.8 Å². The van der Waals surface area contributed by atoms with E-state index >= 15 is 0 Å². The van der Waals surface area contributed by atoms with Crippen LogP contribution >= 0.6 is 0 Å². The summed E-state index contributed by atoms with van der Waals surface area (Å²) in [6.07, 6.45) is 4.64. The molecule has 0 aliphatic carbocycles. The van der Waals surface area contributed by atoms with E-state index in [9.17, 15) is 0 Å². The number of methoxy groups -OCH3 is 1. The predicted molar refractivity (Wildman–Crippen MR) is 68.5 cm³/mol. The average molecular weight is 251 g/mol. The molecule has 1 fully saturated rings. The fraction of sp³-hybridized carbons (Fsp3) is 0.692. The lowest BCUT2D eigenvalue weighted by molar-refractivity contribution is 0.0946. The van der Waals surface area contributed by atoms with Gasteiger partial charge >= 0.3 is 0 Å². The van der Waals surface area contributed by atoms with Crippen LogP contribution in [0.5, 0.6) is 5.88 Å². The normalized spacial score (nSPS) is 25.1. The second kappa shape index (κ2) is 6.11. The van der Waals surface area contributed by atoms with Crippen LogP contribution in [0.25, 0.3) is 0 Å². The maximum atomic E-state index is 5.66. The summed E-state index contributed by atoms with van der Waals surface area (Å²) in [6.45, 7) is 5.91. The van der Waals surface area contributed by atoms with Crippen molar-refractivity contribution in [2.75, 3.05) is 20.3 Å². The first-order valence-electron chi connectivity index (χ1n) is 6.47. The van der Waals surface area contributed by atoms with E-state index in [2.05, 4.69) is 29.1 Å². The molecule has 1 aliphatic rings. The summed E-state index contributed by atoms with van der Waals surface area (Å²) in [5, 5.41) is 3.48. The molecule has 0 saturated carbocycles. The van der Waals surface area contributed by atoms with Gasteiger partial charge in [-0.3, -0.25) is 4.98 Å². The van der Waals surface area contributed by atoms with Crippen LogP contribution in [0.3, 0.4) is 0 Å². The van der Waals surface area contributed by atoms with Crippen molar-refractivity contribution < 1.29 is 9.47 Å². The van der Waals surface area contributed by atoms with E-state index in [-0.39, 0.29) is 12.1 Å². The van der Waals surface area contributed by atoms with Crippen molar-refractivity contribution in [3.05, 3.63) is 18.1 Å². The largest absolute Gasteiger partial charge is 0.480 e. The topological polar surface area (TPSA) is 56.3 Å². The van der Waals surface area contributed by atoms with Gasteiger partial charge in [-0.25, -0.2) is 4.98 Å². The molecule has 2 heterocycles. The second-order valence-corrected chi connectivity index (χ2v) is 4.51. The summed E-state index contributed by atoms with van der Waals surface area (Å²) in [7, 11) is 1.63. The molecule has 100 valence electrons. The van der Waals surface area contributed by atoms with Gasteiger partial charge in [-0.15, -0.1) is 0 Å². The van der Waals surface area contributed by atoms with Crippen molar-refractivity contribution >= 4 is 0 Å². The Hall–Kier alpha value is -1.20. The molecular weight excluding hydrogens is 230 g/mol. The van der Waals surface area contributed by atoms with E-state index in [0.717, 1.165) is 25.3 Å². The predicted octanol–water partition coefficient (Wildman–Crippen LogP) is 1.56. The highest BCUT2D eigenvalue weighted by Crippen LogP contribution is 2.35. The lowest BCUT2D eigenvalue weighted by atomic mass is 9.91. The Morgan fingerprint density at radius 2 is 2.28 bits per heavy atom. The number of aromatic nitrogens is 2. The van der Waals surface area contributed by atoms with Crippen LogP contribution in [-0.4, -0.2) is 36.3 Å². The summed E-state index contributed by atoms with van der Waals surface area (Å²) >= 11 is 0. The molecule has 3 unspecified atom stereocenters. The fourth-order valence-corrected chi connectivity index (χ4v) is 2.56. The minimum Gasteiger partial charge on any atom is -0.480 e. The summed E-state index contributed by atoms with van der Waals surface area (Å²) in [5.74, 6) is 1.01. The molecule has 1 saturated heterocycles. The number of rotatable bonds is 5. The summed E-state index contributed by atoms with van der Waals surface area (Å²) in [4.78, 5) is 8.67. The van der Waals surface area contributed by atoms with Crippen LogP contribution in [-0.2, 0) is 4.74 Å². The Labute approximate surface area is 108 Å². The zero-order valence-corrected chi connectivity index (χ0v) is 11.2. The summed E-state index contributed by atoms with van der Waals surface area (Å²) in [6, 6.07) is 0.135. The van der Waals surface area contributed by atoms with Crippen LogP contribution in [0, 0.1) is 5.92 Å². The Balaban J connectivity index is 2.28. The van der Waals surface area contributed by atoms with Crippen molar-refractivity contribution in [3.63, 3.8) is 0 Å². The molecular formula is C13H21N3O2. The highest BCUT2D eigenvalue weighted by atomic mass is 16.5. The maximum Gasteiger partial charge on any atom is 0.237 e. The number of nitrogens with zero attached hydrogens (tertiary/aromatic N) is 2. The van der Waals surface area contributed by atoms with Gasteiger partial charge in [0.05, 0.1) is 19.3 Å². The zero-order chi connectivity index (χ0) is 13.0. The van der Waals surface area contributed by atoms with Crippen molar-refractivity contribution in [3.8, 4) is 5.88 Å². The molecule has 1 aromatic rings. The first-order chi connectivity index (χ1) is 8.77. The van der Waals surface area contributed by atoms with Gasteiger partial charge in [0.25, 0.3) is 0 Å². The van der Waals surface area contributed by atoms with E-state index in [1.165, 1.54) is 0 Å². The molecule has 0 bridgehead atoms. The number of hydrogen-bond donors (Lipinski definition) is 1. The molecule has 2 rings (SSSR count). The fourth-order valence-electron chi connectivity index (χ4n) is 2.56. The smallest absolute Gasteiger partial charge is 0.237 e. The summed E-state index contributed by atoms with van der Waals surface area (Å²) in [5.41, 5.74) is 0.879. The second-order valence-electron chi connectivity index (χ2n) is 4.51. The Morgan fingerprint density at radius 3 is 2.89 bits per heavy atom. The van der Waals surface area contributed by atoms with Crippen molar-refractivity contribution in [1.29, 1.82) is 0 Å². The lowest BCUT2D eigenvalue weighted by Gasteiger charge is -2.26. The van der Waals surface area contributed by atoms with E-state index < -0.39 is 0 Å². The van der Waals surface area contributed by atoms with Gasteiger partial charge in [0.15, 0.2) is 0 Å². The molecule has 1 N–H and O–H groups in total. The van der Waals surface area contributed by atoms with Crippen LogP contribution in [0.1, 0.15) is 32.0 Å². The van der Waals surface area contributed by atoms with Crippen LogP contribution < -0.4 is 10.1 Å². The Kier molecular flexibility index (Phi) is 4.49. The van der Waals surface area contributed by atoms with Crippen LogP contribution in [0.2, 0.25) is 0 Å². The van der Waals surface area contributed by atoms with E-state index in [1.54, 1.807) is 19.5 Å². The quantitative estimate of drug-likeness (QED) is 0.860. The highest BCUT2D eigenvalue weighted by Gasteiger charge is 2.34. The average Bonchev–Trinajstić information content (AvgIpc) is 2.82. The first-order valence-corrected chi connectivity index (χ1v) is 6.47. The molecule has 5 heteroatoms. The Morgan fingerprint density at radius 1 is 1.50 bits per heavy atom. The zero-order valence-electron chi connectivity index (χ0n) is 11.2. The van der Waals surface area contributed by atoms with E-state index in [1.807, 2.05) is 0 Å². The summed E-state index contributed by atoms with van der Waals surface area (Å²) < 4.78 is 11.0. The molecule has 1 aromatic heterocycles. The van der Waals surface area contributed by atoms with Crippen LogP contribution in [0.15, 0.2) is 12.4 Å². The van der Waals surface area contributed by atoms with Gasteiger partial charge in [0.2, 0.25) is 5.88 Å². The first kappa shape index (κ1) is 13.2. The molecule has 0 aromatic carbocycles. The van der Waals surface area contributed by atoms with Crippen molar-refractivity contribution in [2.45, 2.75) is 32.4 Å². The molecule has 3 atom stereocenters. The molecule has 0 radical (unpaired) electrons. The van der Waals surface area contributed by atoms with E-state index in [4.69, 9.17) is 9.47 Å². The number of nitrogens with one attached hydrogen (secondary N) is 1. The van der Waals surface area contributed by atoms with Gasteiger partial charge in [-0.1, -0.05) is 6.92 Å². The Bertz CT molecular complexity index is 386. The molecule has 1 aliphatic heterocycles. The SMILES string of the molecule is CCNC(c1nccnc1OC)C1CCOC1C. The standard InChI is InChI=1S/C13H21N3O2/c1-4-14-11(10-5-8-18-9(10)2)12-13(17-3)16-7-6-15-12/h6-7,9-11,14H,4-5,8H2,1-3H3. The number of ether oxygens (including phenoxy) is 2. The third kappa shape index (κ3) is 2.62. The minimum absolute atomic E-state index is 0.135. The van der Waals surface area contributed by atoms with Gasteiger partial charge in [0.1, 0.15) is 5.69 Å². The third-order valence-electron chi connectivity index (χ3n) is 3.47. The van der Waals surface area contributed by atoms with Crippen LogP contribution in [0.4, 0.5) is 0 Å². The van der Waals surface area contributed by atoms with Gasteiger partial charge in [0, 0.05) is 24.9 Å². The lowest BCUT2D eigenvalue weighted by Crippen LogP contribution is -2.33. The van der Waals surface area contributed by atoms with Gasteiger partial charge < -0.3 is 14.8 Å². The van der Waals surface area contributed by atoms with Crippen molar-refractivity contribution in [1.82, 2.24) is 15.3 Å². The van der Waals surface area contributed by atoms with Gasteiger partial charge in [-0.2, -0.15) is 0 Å². The minimum atomic E-state index is 0.135. The monoisotopic (exact) mass is 251 g/mol. The highest BCUT2D eigenvalue weighted by molar-refractivity contribution is 5.22. The molecule has 18 heavy (non-hydrogen) atoms. The third-order valence-corrected chi connectivity index (χ3v) is 3.47. The number of hydrogen-bond acceptors (Lipinski definition) is 5. The molecule has 0 spiro atoms.